The molecule has 0 saturated carbocycles. The first-order valence-corrected chi connectivity index (χ1v) is 8.46. The zero-order chi connectivity index (χ0) is 14.7. The summed E-state index contributed by atoms with van der Waals surface area (Å²) in [6.45, 7) is 2.63. The van der Waals surface area contributed by atoms with E-state index in [1.54, 1.807) is 0 Å². The van der Waals surface area contributed by atoms with Crippen molar-refractivity contribution in [2.75, 3.05) is 26.3 Å². The third kappa shape index (κ3) is 3.51. The van der Waals surface area contributed by atoms with Crippen molar-refractivity contribution in [2.45, 2.75) is 6.42 Å². The Labute approximate surface area is 135 Å². The number of hydrogen-bond donors (Lipinski definition) is 0. The van der Waals surface area contributed by atoms with Crippen molar-refractivity contribution < 1.29 is 9.53 Å². The highest BCUT2D eigenvalue weighted by Gasteiger charge is 2.18. The van der Waals surface area contributed by atoms with Gasteiger partial charge in [0.1, 0.15) is 5.01 Å². The van der Waals surface area contributed by atoms with Crippen molar-refractivity contribution in [3.8, 4) is 11.3 Å². The van der Waals surface area contributed by atoms with Gasteiger partial charge < -0.3 is 9.64 Å². The van der Waals surface area contributed by atoms with Crippen LogP contribution in [0.2, 0.25) is 0 Å². The summed E-state index contributed by atoms with van der Waals surface area (Å²) in [4.78, 5) is 18.6. The number of ether oxygens (including phenoxy) is 1. The maximum atomic E-state index is 12.2. The predicted octanol–water partition coefficient (Wildman–Crippen LogP) is 2.97. The molecule has 3 rings (SSSR count). The molecule has 0 aliphatic carbocycles. The summed E-state index contributed by atoms with van der Waals surface area (Å²) in [5.41, 5.74) is 1.97. The number of aromatic nitrogens is 1. The molecule has 1 aliphatic heterocycles. The lowest BCUT2D eigenvalue weighted by Gasteiger charge is -2.26. The average molecular weight is 367 g/mol. The number of rotatable bonds is 3. The van der Waals surface area contributed by atoms with Gasteiger partial charge in [-0.3, -0.25) is 4.79 Å². The molecule has 1 fully saturated rings. The van der Waals surface area contributed by atoms with Crippen LogP contribution in [0, 0.1) is 0 Å². The number of amides is 1. The lowest BCUT2D eigenvalue weighted by molar-refractivity contribution is -0.134. The molecule has 0 bridgehead atoms. The molecule has 0 atom stereocenters. The van der Waals surface area contributed by atoms with Crippen LogP contribution in [0.25, 0.3) is 11.3 Å². The smallest absolute Gasteiger partial charge is 0.229 e. The quantitative estimate of drug-likeness (QED) is 0.838. The second kappa shape index (κ2) is 6.68. The van der Waals surface area contributed by atoms with Gasteiger partial charge >= 0.3 is 0 Å². The minimum atomic E-state index is 0.131. The number of morpholine rings is 1. The lowest BCUT2D eigenvalue weighted by atomic mass is 10.2. The van der Waals surface area contributed by atoms with E-state index in [9.17, 15) is 4.79 Å². The lowest BCUT2D eigenvalue weighted by Crippen LogP contribution is -2.41. The number of hydrogen-bond acceptors (Lipinski definition) is 4. The van der Waals surface area contributed by atoms with E-state index in [4.69, 9.17) is 4.74 Å². The Morgan fingerprint density at radius 1 is 1.33 bits per heavy atom. The standard InChI is InChI=1S/C15H15BrN2O2S/c16-12-4-2-1-3-11(12)13-10-21-14(17-13)9-15(19)18-5-7-20-8-6-18/h1-4,10H,5-9H2. The fourth-order valence-corrected chi connectivity index (χ4v) is 3.51. The van der Waals surface area contributed by atoms with E-state index in [-0.39, 0.29) is 5.91 Å². The third-order valence-electron chi connectivity index (χ3n) is 3.37. The number of halogens is 1. The fourth-order valence-electron chi connectivity index (χ4n) is 2.24. The van der Waals surface area contributed by atoms with Gasteiger partial charge in [-0.2, -0.15) is 0 Å². The number of nitrogens with zero attached hydrogens (tertiary/aromatic N) is 2. The van der Waals surface area contributed by atoms with Crippen LogP contribution >= 0.6 is 27.3 Å². The molecule has 0 spiro atoms. The summed E-state index contributed by atoms with van der Waals surface area (Å²) in [6.07, 6.45) is 0.370. The van der Waals surface area contributed by atoms with E-state index in [1.807, 2.05) is 34.5 Å². The molecule has 2 aromatic rings. The minimum absolute atomic E-state index is 0.131. The van der Waals surface area contributed by atoms with Crippen LogP contribution in [0.4, 0.5) is 0 Å². The van der Waals surface area contributed by atoms with Gasteiger partial charge in [0.05, 0.1) is 25.3 Å². The molecule has 4 nitrogen and oxygen atoms in total. The molecule has 1 saturated heterocycles. The highest BCUT2D eigenvalue weighted by molar-refractivity contribution is 9.10. The predicted molar refractivity (Wildman–Crippen MR) is 86.4 cm³/mol. The fraction of sp³-hybridized carbons (Fsp3) is 0.333. The molecule has 0 radical (unpaired) electrons. The average Bonchev–Trinajstić information content (AvgIpc) is 2.97. The van der Waals surface area contributed by atoms with Crippen molar-refractivity contribution in [3.05, 3.63) is 39.1 Å². The zero-order valence-corrected chi connectivity index (χ0v) is 13.8. The summed E-state index contributed by atoms with van der Waals surface area (Å²) < 4.78 is 6.28. The van der Waals surface area contributed by atoms with Crippen molar-refractivity contribution in [2.24, 2.45) is 0 Å². The summed E-state index contributed by atoms with van der Waals surface area (Å²) in [7, 11) is 0. The second-order valence-electron chi connectivity index (χ2n) is 4.78. The van der Waals surface area contributed by atoms with E-state index >= 15 is 0 Å². The van der Waals surface area contributed by atoms with E-state index < -0.39 is 0 Å². The first-order valence-electron chi connectivity index (χ1n) is 6.79. The van der Waals surface area contributed by atoms with E-state index in [1.165, 1.54) is 11.3 Å². The van der Waals surface area contributed by atoms with Crippen LogP contribution in [-0.4, -0.2) is 42.1 Å². The van der Waals surface area contributed by atoms with Crippen LogP contribution < -0.4 is 0 Å². The van der Waals surface area contributed by atoms with Crippen LogP contribution in [-0.2, 0) is 16.0 Å². The van der Waals surface area contributed by atoms with Gasteiger partial charge in [-0.1, -0.05) is 34.1 Å². The van der Waals surface area contributed by atoms with Crippen molar-refractivity contribution >= 4 is 33.2 Å². The molecule has 0 unspecified atom stereocenters. The van der Waals surface area contributed by atoms with Crippen LogP contribution in [0.15, 0.2) is 34.1 Å². The maximum absolute atomic E-state index is 12.2. The second-order valence-corrected chi connectivity index (χ2v) is 6.57. The van der Waals surface area contributed by atoms with Gasteiger partial charge in [0, 0.05) is 28.5 Å². The van der Waals surface area contributed by atoms with Crippen LogP contribution in [0.1, 0.15) is 5.01 Å². The Morgan fingerprint density at radius 3 is 2.86 bits per heavy atom. The highest BCUT2D eigenvalue weighted by atomic mass is 79.9. The molecule has 1 aromatic heterocycles. The van der Waals surface area contributed by atoms with Crippen molar-refractivity contribution in [1.29, 1.82) is 0 Å². The Hall–Kier alpha value is -1.24. The van der Waals surface area contributed by atoms with Gasteiger partial charge in [-0.05, 0) is 6.07 Å². The molecule has 110 valence electrons. The first-order chi connectivity index (χ1) is 10.2. The normalized spacial score (nSPS) is 15.2. The van der Waals surface area contributed by atoms with Crippen molar-refractivity contribution in [1.82, 2.24) is 9.88 Å². The molecule has 21 heavy (non-hydrogen) atoms. The Morgan fingerprint density at radius 2 is 2.10 bits per heavy atom. The number of thiazole rings is 1. The summed E-state index contributed by atoms with van der Waals surface area (Å²) in [5, 5.41) is 2.86. The van der Waals surface area contributed by atoms with Gasteiger partial charge in [0.15, 0.2) is 0 Å². The molecule has 6 heteroatoms. The molecular weight excluding hydrogens is 352 g/mol. The van der Waals surface area contributed by atoms with E-state index in [2.05, 4.69) is 20.9 Å². The molecular formula is C15H15BrN2O2S. The monoisotopic (exact) mass is 366 g/mol. The van der Waals surface area contributed by atoms with Gasteiger partial charge in [0.25, 0.3) is 0 Å². The molecule has 1 amide bonds. The van der Waals surface area contributed by atoms with E-state index in [0.29, 0.717) is 32.7 Å². The van der Waals surface area contributed by atoms with Crippen molar-refractivity contribution in [3.63, 3.8) is 0 Å². The summed E-state index contributed by atoms with van der Waals surface area (Å²) >= 11 is 5.07. The Kier molecular flexibility index (Phi) is 4.67. The largest absolute Gasteiger partial charge is 0.378 e. The Bertz CT molecular complexity index is 638. The SMILES string of the molecule is O=C(Cc1nc(-c2ccccc2Br)cs1)N1CCOCC1. The van der Waals surface area contributed by atoms with Gasteiger partial charge in [-0.25, -0.2) is 4.98 Å². The highest BCUT2D eigenvalue weighted by Crippen LogP contribution is 2.29. The number of benzene rings is 1. The van der Waals surface area contributed by atoms with Gasteiger partial charge in [0.2, 0.25) is 5.91 Å². The maximum Gasteiger partial charge on any atom is 0.229 e. The molecule has 0 N–H and O–H groups in total. The minimum Gasteiger partial charge on any atom is -0.378 e. The summed E-state index contributed by atoms with van der Waals surface area (Å²) in [5.74, 6) is 0.131. The van der Waals surface area contributed by atoms with E-state index in [0.717, 1.165) is 20.7 Å². The van der Waals surface area contributed by atoms with Gasteiger partial charge in [-0.15, -0.1) is 11.3 Å². The Balaban J connectivity index is 1.70. The van der Waals surface area contributed by atoms with Crippen LogP contribution in [0.3, 0.4) is 0 Å². The number of carbonyl (C=O) groups is 1. The molecule has 2 heterocycles. The number of carbonyl (C=O) groups excluding carboxylic acids is 1. The van der Waals surface area contributed by atoms with Crippen LogP contribution in [0.5, 0.6) is 0 Å². The summed E-state index contributed by atoms with van der Waals surface area (Å²) in [6, 6.07) is 7.97. The molecule has 1 aromatic carbocycles. The molecule has 1 aliphatic rings. The zero-order valence-electron chi connectivity index (χ0n) is 11.4. The first kappa shape index (κ1) is 14.7. The topological polar surface area (TPSA) is 42.4 Å². The third-order valence-corrected chi connectivity index (χ3v) is 4.91.